The first-order valence-electron chi connectivity index (χ1n) is 5.71. The molecule has 18 heavy (non-hydrogen) atoms. The molecule has 1 heterocycles. The monoisotopic (exact) mass is 250 g/mol. The lowest BCUT2D eigenvalue weighted by Gasteiger charge is -2.34. The van der Waals surface area contributed by atoms with Crippen LogP contribution in [0.4, 0.5) is 0 Å². The van der Waals surface area contributed by atoms with Gasteiger partial charge in [0.2, 0.25) is 0 Å². The highest BCUT2D eigenvalue weighted by molar-refractivity contribution is 6.61. The van der Waals surface area contributed by atoms with Crippen LogP contribution in [0.5, 0.6) is 0 Å². The molecule has 0 aromatic heterocycles. The number of carbonyl (C=O) groups is 1. The van der Waals surface area contributed by atoms with Gasteiger partial charge in [-0.1, -0.05) is 19.1 Å². The van der Waals surface area contributed by atoms with Gasteiger partial charge in [0, 0.05) is 18.6 Å². The summed E-state index contributed by atoms with van der Waals surface area (Å²) in [6, 6.07) is 6.39. The summed E-state index contributed by atoms with van der Waals surface area (Å²) < 4.78 is 11.1. The number of aliphatic hydroxyl groups is 1. The summed E-state index contributed by atoms with van der Waals surface area (Å²) in [6.45, 7) is 2.72. The van der Waals surface area contributed by atoms with Gasteiger partial charge in [-0.2, -0.15) is 0 Å². The maximum absolute atomic E-state index is 10.7. The zero-order valence-corrected chi connectivity index (χ0v) is 10.1. The Hall–Kier alpha value is -1.37. The first-order chi connectivity index (χ1) is 8.54. The van der Waals surface area contributed by atoms with Crippen LogP contribution < -0.4 is 5.46 Å². The van der Waals surface area contributed by atoms with Gasteiger partial charge in [0.25, 0.3) is 0 Å². The van der Waals surface area contributed by atoms with Crippen molar-refractivity contribution in [2.45, 2.75) is 6.92 Å². The molecule has 0 bridgehead atoms. The predicted molar refractivity (Wildman–Crippen MR) is 65.9 cm³/mol. The minimum atomic E-state index is -0.958. The van der Waals surface area contributed by atoms with Crippen molar-refractivity contribution in [2.24, 2.45) is 5.41 Å². The number of hydrogen-bond acceptors (Lipinski definition) is 4. The SMILES string of the molecule is CC1(CO)COB(c2ccc(C(=O)O)cc2)OC1. The number of aromatic carboxylic acids is 1. The maximum atomic E-state index is 10.7. The summed E-state index contributed by atoms with van der Waals surface area (Å²) >= 11 is 0. The Morgan fingerprint density at radius 1 is 1.33 bits per heavy atom. The zero-order chi connectivity index (χ0) is 13.2. The third-order valence-electron chi connectivity index (χ3n) is 2.98. The van der Waals surface area contributed by atoms with Gasteiger partial charge in [-0.05, 0) is 17.6 Å². The van der Waals surface area contributed by atoms with Crippen LogP contribution in [-0.4, -0.2) is 43.1 Å². The summed E-state index contributed by atoms with van der Waals surface area (Å²) in [5, 5.41) is 18.0. The van der Waals surface area contributed by atoms with Crippen LogP contribution in [-0.2, 0) is 9.31 Å². The van der Waals surface area contributed by atoms with Gasteiger partial charge in [0.15, 0.2) is 0 Å². The molecule has 0 atom stereocenters. The van der Waals surface area contributed by atoms with E-state index in [1.807, 2.05) is 6.92 Å². The normalized spacial score (nSPS) is 18.7. The standard InChI is InChI=1S/C12H15BO5/c1-12(6-14)7-17-13(18-8-12)10-4-2-9(3-5-10)11(15)16/h2-5,14H,6-8H2,1H3,(H,15,16). The van der Waals surface area contributed by atoms with Crippen molar-refractivity contribution in [3.8, 4) is 0 Å². The maximum Gasteiger partial charge on any atom is 0.493 e. The molecular formula is C12H15BO5. The van der Waals surface area contributed by atoms with Gasteiger partial charge >= 0.3 is 13.1 Å². The smallest absolute Gasteiger partial charge is 0.478 e. The van der Waals surface area contributed by atoms with E-state index in [4.69, 9.17) is 14.4 Å². The number of carboxylic acid groups (broad SMARTS) is 1. The zero-order valence-electron chi connectivity index (χ0n) is 10.1. The van der Waals surface area contributed by atoms with Gasteiger partial charge < -0.3 is 19.5 Å². The van der Waals surface area contributed by atoms with E-state index >= 15 is 0 Å². The second-order valence-corrected chi connectivity index (χ2v) is 4.85. The summed E-state index contributed by atoms with van der Waals surface area (Å²) in [6.07, 6.45) is 0. The van der Waals surface area contributed by atoms with Crippen LogP contribution in [0.15, 0.2) is 24.3 Å². The van der Waals surface area contributed by atoms with Crippen LogP contribution in [0.3, 0.4) is 0 Å². The molecule has 96 valence electrons. The molecule has 1 aliphatic heterocycles. The highest BCUT2D eigenvalue weighted by Gasteiger charge is 2.36. The van der Waals surface area contributed by atoms with E-state index in [2.05, 4.69) is 0 Å². The second kappa shape index (κ2) is 5.10. The lowest BCUT2D eigenvalue weighted by atomic mass is 9.75. The topological polar surface area (TPSA) is 76.0 Å². The summed E-state index contributed by atoms with van der Waals surface area (Å²) in [4.78, 5) is 10.7. The minimum Gasteiger partial charge on any atom is -0.478 e. The average molecular weight is 250 g/mol. The quantitative estimate of drug-likeness (QED) is 0.745. The Labute approximate surface area is 105 Å². The van der Waals surface area contributed by atoms with E-state index < -0.39 is 13.1 Å². The van der Waals surface area contributed by atoms with E-state index in [-0.39, 0.29) is 17.6 Å². The molecule has 0 unspecified atom stereocenters. The van der Waals surface area contributed by atoms with Crippen LogP contribution >= 0.6 is 0 Å². The summed E-state index contributed by atoms with van der Waals surface area (Å²) in [5.74, 6) is -0.958. The van der Waals surface area contributed by atoms with Crippen molar-refractivity contribution < 1.29 is 24.3 Å². The Morgan fingerprint density at radius 2 is 1.89 bits per heavy atom. The molecule has 2 N–H and O–H groups in total. The molecule has 1 aromatic carbocycles. The first kappa shape index (κ1) is 13.1. The van der Waals surface area contributed by atoms with Crippen molar-refractivity contribution in [1.29, 1.82) is 0 Å². The molecule has 1 saturated heterocycles. The Balaban J connectivity index is 2.03. The van der Waals surface area contributed by atoms with Crippen molar-refractivity contribution in [2.75, 3.05) is 19.8 Å². The van der Waals surface area contributed by atoms with Crippen LogP contribution in [0.1, 0.15) is 17.3 Å². The van der Waals surface area contributed by atoms with E-state index in [0.29, 0.717) is 13.2 Å². The molecule has 0 saturated carbocycles. The fraction of sp³-hybridized carbons (Fsp3) is 0.417. The van der Waals surface area contributed by atoms with Gasteiger partial charge in [0.1, 0.15) is 0 Å². The molecule has 2 rings (SSSR count). The van der Waals surface area contributed by atoms with E-state index in [1.54, 1.807) is 12.1 Å². The van der Waals surface area contributed by atoms with Gasteiger partial charge in [-0.3, -0.25) is 0 Å². The highest BCUT2D eigenvalue weighted by Crippen LogP contribution is 2.21. The number of rotatable bonds is 3. The number of hydrogen-bond donors (Lipinski definition) is 2. The second-order valence-electron chi connectivity index (χ2n) is 4.85. The molecule has 0 aliphatic carbocycles. The van der Waals surface area contributed by atoms with Gasteiger partial charge in [-0.25, -0.2) is 4.79 Å². The molecular weight excluding hydrogens is 235 g/mol. The fourth-order valence-corrected chi connectivity index (χ4v) is 1.71. The van der Waals surface area contributed by atoms with E-state index in [1.165, 1.54) is 12.1 Å². The molecule has 1 aliphatic rings. The largest absolute Gasteiger partial charge is 0.493 e. The summed E-state index contributed by atoms with van der Waals surface area (Å²) in [7, 11) is -0.493. The molecule has 0 amide bonds. The van der Waals surface area contributed by atoms with Crippen molar-refractivity contribution in [3.63, 3.8) is 0 Å². The molecule has 1 fully saturated rings. The Bertz CT molecular complexity index is 423. The van der Waals surface area contributed by atoms with E-state index in [9.17, 15) is 9.90 Å². The first-order valence-corrected chi connectivity index (χ1v) is 5.71. The van der Waals surface area contributed by atoms with Crippen LogP contribution in [0, 0.1) is 5.41 Å². The third-order valence-corrected chi connectivity index (χ3v) is 2.98. The van der Waals surface area contributed by atoms with E-state index in [0.717, 1.165) is 5.46 Å². The molecule has 5 nitrogen and oxygen atoms in total. The Kier molecular flexibility index (Phi) is 3.70. The third kappa shape index (κ3) is 2.72. The Morgan fingerprint density at radius 3 is 2.33 bits per heavy atom. The summed E-state index contributed by atoms with van der Waals surface area (Å²) in [5.41, 5.74) is 0.645. The predicted octanol–water partition coefficient (Wildman–Crippen LogP) is 0.125. The van der Waals surface area contributed by atoms with Crippen LogP contribution in [0.2, 0.25) is 0 Å². The highest BCUT2D eigenvalue weighted by atomic mass is 16.6. The number of aliphatic hydroxyl groups excluding tert-OH is 1. The molecule has 6 heteroatoms. The van der Waals surface area contributed by atoms with Gasteiger partial charge in [-0.15, -0.1) is 0 Å². The average Bonchev–Trinajstić information content (AvgIpc) is 2.40. The minimum absolute atomic E-state index is 0.0116. The number of benzene rings is 1. The molecule has 0 radical (unpaired) electrons. The molecule has 1 aromatic rings. The van der Waals surface area contributed by atoms with Crippen molar-refractivity contribution >= 4 is 18.6 Å². The molecule has 0 spiro atoms. The van der Waals surface area contributed by atoms with Crippen molar-refractivity contribution in [1.82, 2.24) is 0 Å². The lowest BCUT2D eigenvalue weighted by Crippen LogP contribution is -2.49. The number of carboxylic acids is 1. The fourth-order valence-electron chi connectivity index (χ4n) is 1.71. The lowest BCUT2D eigenvalue weighted by molar-refractivity contribution is -0.0145. The van der Waals surface area contributed by atoms with Gasteiger partial charge in [0.05, 0.1) is 12.2 Å². The van der Waals surface area contributed by atoms with Crippen molar-refractivity contribution in [3.05, 3.63) is 29.8 Å². The van der Waals surface area contributed by atoms with Crippen LogP contribution in [0.25, 0.3) is 0 Å².